The quantitative estimate of drug-likeness (QED) is 0.463. The van der Waals surface area contributed by atoms with Gasteiger partial charge < -0.3 is 15.6 Å². The van der Waals surface area contributed by atoms with Crippen LogP contribution in [-0.2, 0) is 6.54 Å². The van der Waals surface area contributed by atoms with Crippen molar-refractivity contribution in [2.45, 2.75) is 12.5 Å². The van der Waals surface area contributed by atoms with Crippen LogP contribution in [0.2, 0.25) is 0 Å². The number of nitrogens with two attached hydrogens (primary N) is 1. The molecule has 2 heterocycles. The van der Waals surface area contributed by atoms with Crippen LogP contribution < -0.4 is 15.0 Å². The number of hydrogen-bond acceptors (Lipinski definition) is 4. The highest BCUT2D eigenvalue weighted by Crippen LogP contribution is 2.48. The van der Waals surface area contributed by atoms with Gasteiger partial charge in [0.1, 0.15) is 17.1 Å². The average molecular weight is 382 g/mol. The van der Waals surface area contributed by atoms with Crippen LogP contribution in [0.3, 0.4) is 0 Å². The molecule has 3 N–H and O–H groups in total. The smallest absolute Gasteiger partial charge is 0.306 e. The first kappa shape index (κ1) is 17.3. The van der Waals surface area contributed by atoms with E-state index in [0.717, 1.165) is 22.3 Å². The lowest BCUT2D eigenvalue weighted by Crippen LogP contribution is -2.40. The molecule has 1 aliphatic rings. The molecule has 0 spiro atoms. The number of aromatic hydroxyl groups is 1. The largest absolute Gasteiger partial charge is 0.508 e. The van der Waals surface area contributed by atoms with Gasteiger partial charge in [-0.15, -0.1) is 0 Å². The number of nitrogens with zero attached hydrogens (tertiary/aromatic N) is 2. The summed E-state index contributed by atoms with van der Waals surface area (Å²) in [7, 11) is 0. The predicted molar refractivity (Wildman–Crippen MR) is 110 cm³/mol. The molecule has 5 rings (SSSR count). The summed E-state index contributed by atoms with van der Waals surface area (Å²) < 4.78 is 7.97. The Morgan fingerprint density at radius 2 is 1.69 bits per heavy atom. The maximum atomic E-state index is 9.93. The number of hydrogen-bond donors (Lipinski definition) is 2. The topological polar surface area (TPSA) is 72.2 Å². The molecule has 1 aromatic heterocycles. The predicted octanol–water partition coefficient (Wildman–Crippen LogP) is 3.99. The van der Waals surface area contributed by atoms with Crippen molar-refractivity contribution in [2.24, 2.45) is 0 Å². The Bertz CT molecular complexity index is 1180. The number of rotatable bonds is 3. The van der Waals surface area contributed by atoms with Crippen molar-refractivity contribution in [3.63, 3.8) is 0 Å². The third-order valence-corrected chi connectivity index (χ3v) is 5.26. The third-order valence-electron chi connectivity index (χ3n) is 5.26. The molecule has 0 saturated heterocycles. The monoisotopic (exact) mass is 382 g/mol. The summed E-state index contributed by atoms with van der Waals surface area (Å²) >= 11 is 0. The van der Waals surface area contributed by atoms with E-state index in [4.69, 9.17) is 10.5 Å². The summed E-state index contributed by atoms with van der Waals surface area (Å²) in [4.78, 5) is 4.56. The van der Waals surface area contributed by atoms with Gasteiger partial charge in [0, 0.05) is 11.6 Å². The number of phenolic OH excluding ortho intramolecular Hbond substituents is 1. The van der Waals surface area contributed by atoms with E-state index in [1.165, 1.54) is 0 Å². The number of phenols is 1. The van der Waals surface area contributed by atoms with Crippen molar-refractivity contribution in [1.29, 1.82) is 0 Å². The maximum Gasteiger partial charge on any atom is 0.306 e. The highest BCUT2D eigenvalue weighted by Gasteiger charge is 2.36. The molecule has 3 aromatic carbocycles. The lowest BCUT2D eigenvalue weighted by atomic mass is 9.83. The Balaban J connectivity index is 1.68. The molecule has 5 nitrogen and oxygen atoms in total. The summed E-state index contributed by atoms with van der Waals surface area (Å²) in [5, 5.41) is 9.93. The third kappa shape index (κ3) is 3.06. The van der Waals surface area contributed by atoms with Crippen LogP contribution in [-0.4, -0.2) is 10.1 Å². The first-order chi connectivity index (χ1) is 14.2. The normalized spacial score (nSPS) is 14.6. The van der Waals surface area contributed by atoms with E-state index >= 15 is 0 Å². The lowest BCUT2D eigenvalue weighted by molar-refractivity contribution is -0.677. The molecule has 0 unspecified atom stereocenters. The van der Waals surface area contributed by atoms with Crippen LogP contribution in [0, 0.1) is 0 Å². The standard InChI is InChI=1S/C24H19N3O2/c25-23-22-21(17-9-5-2-6-10-17)19-12-11-18(28)13-20(19)29-24(22)26-15-27(23)14-16-7-3-1-4-8-16/h1-13,15,21,25,28H,14H2/p+1/t21-/m0/s1. The summed E-state index contributed by atoms with van der Waals surface area (Å²) in [6.07, 6.45) is 1.71. The zero-order chi connectivity index (χ0) is 19.8. The second-order valence-electron chi connectivity index (χ2n) is 7.13. The van der Waals surface area contributed by atoms with Crippen LogP contribution >= 0.6 is 0 Å². The van der Waals surface area contributed by atoms with Gasteiger partial charge in [0.2, 0.25) is 12.1 Å². The van der Waals surface area contributed by atoms with E-state index in [9.17, 15) is 5.11 Å². The molecular weight excluding hydrogens is 362 g/mol. The van der Waals surface area contributed by atoms with E-state index < -0.39 is 0 Å². The zero-order valence-corrected chi connectivity index (χ0v) is 15.7. The average Bonchev–Trinajstić information content (AvgIpc) is 2.75. The number of aromatic nitrogens is 2. The van der Waals surface area contributed by atoms with Gasteiger partial charge >= 0.3 is 5.88 Å². The number of anilines is 1. The van der Waals surface area contributed by atoms with E-state index in [1.807, 2.05) is 47.0 Å². The van der Waals surface area contributed by atoms with Crippen LogP contribution in [0.15, 0.2) is 85.2 Å². The van der Waals surface area contributed by atoms with Crippen molar-refractivity contribution < 1.29 is 14.4 Å². The summed E-state index contributed by atoms with van der Waals surface area (Å²) in [5.41, 5.74) is 10.7. The Morgan fingerprint density at radius 1 is 0.966 bits per heavy atom. The summed E-state index contributed by atoms with van der Waals surface area (Å²) in [6, 6.07) is 25.5. The van der Waals surface area contributed by atoms with Crippen LogP contribution in [0.25, 0.3) is 0 Å². The van der Waals surface area contributed by atoms with Crippen LogP contribution in [0.1, 0.15) is 28.2 Å². The SMILES string of the molecule is Nc1c2c(nc[n+]1Cc1ccccc1)Oc1cc(O)ccc1[C@@H]2c1ccccc1. The molecule has 0 bridgehead atoms. The number of fused-ring (bicyclic) bond motifs is 2. The van der Waals surface area contributed by atoms with E-state index in [0.29, 0.717) is 24.0 Å². The molecular formula is C24H20N3O2+. The molecule has 4 aromatic rings. The molecule has 0 saturated carbocycles. The Hall–Kier alpha value is -3.86. The summed E-state index contributed by atoms with van der Waals surface area (Å²) in [5.74, 6) is 1.71. The van der Waals surface area contributed by atoms with E-state index in [1.54, 1.807) is 18.5 Å². The minimum atomic E-state index is -0.133. The molecule has 0 amide bonds. The molecule has 0 aliphatic carbocycles. The van der Waals surface area contributed by atoms with Gasteiger partial charge in [-0.3, -0.25) is 0 Å². The molecule has 29 heavy (non-hydrogen) atoms. The Morgan fingerprint density at radius 3 is 2.45 bits per heavy atom. The van der Waals surface area contributed by atoms with E-state index in [2.05, 4.69) is 29.2 Å². The fraction of sp³-hybridized carbons (Fsp3) is 0.0833. The van der Waals surface area contributed by atoms with Gasteiger partial charge in [-0.25, -0.2) is 4.57 Å². The first-order valence-electron chi connectivity index (χ1n) is 9.48. The zero-order valence-electron chi connectivity index (χ0n) is 15.7. The molecule has 0 fully saturated rings. The van der Waals surface area contributed by atoms with Crippen molar-refractivity contribution >= 4 is 5.82 Å². The minimum Gasteiger partial charge on any atom is -0.508 e. The fourth-order valence-corrected chi connectivity index (χ4v) is 3.88. The lowest BCUT2D eigenvalue weighted by Gasteiger charge is -2.27. The molecule has 5 heteroatoms. The van der Waals surface area contributed by atoms with Crippen molar-refractivity contribution in [3.05, 3.63) is 107 Å². The number of benzene rings is 3. The van der Waals surface area contributed by atoms with Crippen molar-refractivity contribution in [1.82, 2.24) is 4.98 Å². The van der Waals surface area contributed by atoms with Gasteiger partial charge in [-0.1, -0.05) is 71.7 Å². The highest BCUT2D eigenvalue weighted by molar-refractivity contribution is 5.62. The Kier molecular flexibility index (Phi) is 4.13. The second-order valence-corrected chi connectivity index (χ2v) is 7.13. The van der Waals surface area contributed by atoms with Gasteiger partial charge in [0.25, 0.3) is 0 Å². The fourth-order valence-electron chi connectivity index (χ4n) is 3.88. The second kappa shape index (κ2) is 6.95. The van der Waals surface area contributed by atoms with Crippen molar-refractivity contribution in [3.8, 4) is 17.4 Å². The van der Waals surface area contributed by atoms with E-state index in [-0.39, 0.29) is 11.7 Å². The number of nitrogen functional groups attached to an aromatic ring is 1. The molecule has 1 atom stereocenters. The van der Waals surface area contributed by atoms with Gasteiger partial charge in [-0.05, 0) is 17.2 Å². The Labute approximate surface area is 168 Å². The van der Waals surface area contributed by atoms with Crippen LogP contribution in [0.4, 0.5) is 5.82 Å². The van der Waals surface area contributed by atoms with Gasteiger partial charge in [0.05, 0.1) is 12.5 Å². The van der Waals surface area contributed by atoms with Gasteiger partial charge in [0.15, 0.2) is 0 Å². The minimum absolute atomic E-state index is 0.133. The molecule has 1 aliphatic heterocycles. The van der Waals surface area contributed by atoms with Crippen molar-refractivity contribution in [2.75, 3.05) is 5.73 Å². The highest BCUT2D eigenvalue weighted by atomic mass is 16.5. The first-order valence-corrected chi connectivity index (χ1v) is 9.48. The molecule has 0 radical (unpaired) electrons. The number of ether oxygens (including phenoxy) is 1. The van der Waals surface area contributed by atoms with Gasteiger partial charge in [-0.2, -0.15) is 0 Å². The molecule has 142 valence electrons. The van der Waals surface area contributed by atoms with Crippen LogP contribution in [0.5, 0.6) is 17.4 Å². The maximum absolute atomic E-state index is 9.93. The summed E-state index contributed by atoms with van der Waals surface area (Å²) in [6.45, 7) is 0.622.